The van der Waals surface area contributed by atoms with E-state index in [2.05, 4.69) is 42.5 Å². The summed E-state index contributed by atoms with van der Waals surface area (Å²) < 4.78 is 21.3. The van der Waals surface area contributed by atoms with E-state index in [1.165, 1.54) is 16.0 Å². The van der Waals surface area contributed by atoms with Gasteiger partial charge >= 0.3 is 7.82 Å². The normalized spacial score (nSPS) is 21.0. The second-order valence-corrected chi connectivity index (χ2v) is 22.6. The van der Waals surface area contributed by atoms with Crippen LogP contribution >= 0.6 is 19.2 Å². The number of anilines is 5. The molecule has 1 aromatic carbocycles. The van der Waals surface area contributed by atoms with E-state index in [1.54, 1.807) is 60.9 Å². The smallest absolute Gasteiger partial charge is 0.471 e. The Kier molecular flexibility index (Phi) is 14.0. The Morgan fingerprint density at radius 2 is 1.59 bits per heavy atom. The number of rotatable bonds is 13. The molecule has 5 amide bonds. The van der Waals surface area contributed by atoms with Crippen LogP contribution in [0.3, 0.4) is 0 Å². The number of imide groups is 2. The summed E-state index contributed by atoms with van der Waals surface area (Å²) in [5.41, 5.74) is 7.19. The molecule has 21 nitrogen and oxygen atoms in total. The van der Waals surface area contributed by atoms with Gasteiger partial charge in [-0.1, -0.05) is 0 Å². The van der Waals surface area contributed by atoms with E-state index in [9.17, 15) is 33.6 Å². The molecule has 3 saturated heterocycles. The molecular formula is C53H59N10O11PS. The van der Waals surface area contributed by atoms with Gasteiger partial charge in [-0.25, -0.2) is 19.5 Å². The fourth-order valence-corrected chi connectivity index (χ4v) is 13.6. The summed E-state index contributed by atoms with van der Waals surface area (Å²) in [4.78, 5) is 112. The van der Waals surface area contributed by atoms with Crippen molar-refractivity contribution in [2.24, 2.45) is 0 Å². The van der Waals surface area contributed by atoms with Gasteiger partial charge in [0.15, 0.2) is 0 Å². The number of carbonyl (C=O) groups is 5. The van der Waals surface area contributed by atoms with Gasteiger partial charge in [-0.2, -0.15) is 0 Å². The van der Waals surface area contributed by atoms with Gasteiger partial charge in [0.1, 0.15) is 30.1 Å². The summed E-state index contributed by atoms with van der Waals surface area (Å²) >= 11 is 1.62. The number of aryl methyl sites for hydroxylation is 1. The molecule has 6 aliphatic rings. The Labute approximate surface area is 442 Å². The Hall–Kier alpha value is -6.65. The lowest BCUT2D eigenvalue weighted by molar-refractivity contribution is -0.155. The van der Waals surface area contributed by atoms with E-state index < -0.39 is 50.3 Å². The van der Waals surface area contributed by atoms with Crippen molar-refractivity contribution >= 4 is 77.4 Å². The first-order valence-corrected chi connectivity index (χ1v) is 28.1. The number of piperidine rings is 2. The number of nitrogens with zero attached hydrogens (tertiary/aromatic N) is 9. The Morgan fingerprint density at radius 1 is 0.816 bits per heavy atom. The van der Waals surface area contributed by atoms with Gasteiger partial charge < -0.3 is 34.7 Å². The number of aliphatic hydroxyl groups is 1. The number of hydrogen-bond donors (Lipinski definition) is 4. The number of aromatic nitrogens is 3. The molecule has 3 fully saturated rings. The maximum absolute atomic E-state index is 14.1. The summed E-state index contributed by atoms with van der Waals surface area (Å²) in [6.07, 6.45) is 10.9. The second-order valence-electron chi connectivity index (χ2n) is 20.2. The van der Waals surface area contributed by atoms with E-state index >= 15 is 0 Å². The van der Waals surface area contributed by atoms with Crippen molar-refractivity contribution in [2.75, 3.05) is 73.1 Å². The number of carbonyl (C=O) groups excluding carboxylic acids is 5. The number of piperazine rings is 1. The number of benzene rings is 1. The van der Waals surface area contributed by atoms with Crippen molar-refractivity contribution in [1.82, 2.24) is 29.7 Å². The fraction of sp³-hybridized carbons (Fsp3) is 0.434. The third-order valence-electron chi connectivity index (χ3n) is 15.7. The molecule has 9 heterocycles. The van der Waals surface area contributed by atoms with Crippen LogP contribution in [0.2, 0.25) is 0 Å². The molecule has 0 bridgehead atoms. The van der Waals surface area contributed by atoms with E-state index in [4.69, 9.17) is 24.5 Å². The molecule has 3 atom stereocenters. The highest BCUT2D eigenvalue weighted by atomic mass is 32.1. The number of methoxy groups -OCH3 is 1. The molecule has 1 aliphatic carbocycles. The highest BCUT2D eigenvalue weighted by Crippen LogP contribution is 2.43. The SMILES string of the molecule is COc1ncc(-c2ccnc(N3CCc4c(sc5c4CCCC5)C3=O)c2C(C)O)cc1Nc1ccc(N2CCN(C3CCN(c4ccc5c(c4)C(=O)N(C4CCC(=O)N(COP(=O)(O)O)C4=O)C5=O)CC3)C[C@@H]2C)cn1. The number of likely N-dealkylation sites (tertiary alicyclic amines) is 1. The van der Waals surface area contributed by atoms with Crippen LogP contribution in [0.1, 0.15) is 110 Å². The minimum Gasteiger partial charge on any atom is -0.480 e. The van der Waals surface area contributed by atoms with E-state index in [-0.39, 0.29) is 35.9 Å². The molecule has 2 unspecified atom stereocenters. The van der Waals surface area contributed by atoms with Gasteiger partial charge in [-0.05, 0) is 124 Å². The highest BCUT2D eigenvalue weighted by Gasteiger charge is 2.48. The van der Waals surface area contributed by atoms with Crippen LogP contribution in [0.5, 0.6) is 5.88 Å². The van der Waals surface area contributed by atoms with Crippen LogP contribution in [0.25, 0.3) is 11.1 Å². The zero-order valence-corrected chi connectivity index (χ0v) is 44.1. The van der Waals surface area contributed by atoms with Crippen LogP contribution in [0.4, 0.5) is 28.7 Å². The van der Waals surface area contributed by atoms with Crippen LogP contribution < -0.4 is 24.8 Å². The number of fused-ring (bicyclic) bond motifs is 4. The molecule has 5 aliphatic heterocycles. The number of hydrogen-bond acceptors (Lipinski definition) is 17. The first kappa shape index (κ1) is 51.5. The predicted octanol–water partition coefficient (Wildman–Crippen LogP) is 5.85. The van der Waals surface area contributed by atoms with E-state index in [0.717, 1.165) is 98.8 Å². The molecule has 0 saturated carbocycles. The molecule has 4 aromatic heterocycles. The second kappa shape index (κ2) is 20.7. The molecule has 76 heavy (non-hydrogen) atoms. The van der Waals surface area contributed by atoms with Crippen molar-refractivity contribution in [3.8, 4) is 17.0 Å². The van der Waals surface area contributed by atoms with Gasteiger partial charge in [-0.15, -0.1) is 11.3 Å². The Balaban J connectivity index is 0.709. The van der Waals surface area contributed by atoms with Crippen molar-refractivity contribution < 1.29 is 52.7 Å². The molecule has 398 valence electrons. The fourth-order valence-electron chi connectivity index (χ4n) is 11.9. The lowest BCUT2D eigenvalue weighted by atomic mass is 9.91. The average molecular weight is 1080 g/mol. The van der Waals surface area contributed by atoms with E-state index in [0.29, 0.717) is 57.4 Å². The molecule has 5 aromatic rings. The predicted molar refractivity (Wildman–Crippen MR) is 282 cm³/mol. The van der Waals surface area contributed by atoms with Crippen molar-refractivity contribution in [3.05, 3.63) is 98.6 Å². The van der Waals surface area contributed by atoms with Crippen LogP contribution in [0, 0.1) is 0 Å². The topological polar surface area (TPSA) is 252 Å². The van der Waals surface area contributed by atoms with Gasteiger partial charge in [0.25, 0.3) is 23.6 Å². The maximum atomic E-state index is 14.1. The number of thiophene rings is 1. The molecule has 4 N–H and O–H groups in total. The molecule has 23 heteroatoms. The van der Waals surface area contributed by atoms with Crippen molar-refractivity contribution in [2.45, 2.75) is 95.9 Å². The lowest BCUT2D eigenvalue weighted by Gasteiger charge is -2.46. The lowest BCUT2D eigenvalue weighted by Crippen LogP contribution is -2.57. The largest absolute Gasteiger partial charge is 0.480 e. The number of pyridine rings is 3. The summed E-state index contributed by atoms with van der Waals surface area (Å²) in [5, 5.41) is 14.7. The molecule has 0 spiro atoms. The van der Waals surface area contributed by atoms with Crippen molar-refractivity contribution in [1.29, 1.82) is 0 Å². The number of nitrogens with one attached hydrogen (secondary N) is 1. The zero-order chi connectivity index (χ0) is 53.2. The minimum absolute atomic E-state index is 0.0647. The van der Waals surface area contributed by atoms with Crippen LogP contribution in [0.15, 0.2) is 61.1 Å². The third-order valence-corrected chi connectivity index (χ3v) is 17.5. The van der Waals surface area contributed by atoms with Gasteiger partial charge in [0, 0.05) is 91.9 Å². The minimum atomic E-state index is -5.00. The standard InChI is InChI=1S/C53H59N10O11PS/c1-30-28-59(33-15-19-58(20-16-33)34-8-10-39-40(25-34)51(67)63(50(39)66)42-11-13-45(65)62(52(42)68)29-74-75(70,71)72)22-23-60(30)35-9-12-44(55-27-35)57-41-24-32(26-56-49(41)73-3)36-14-18-54-48(46(36)31(2)64)61-21-17-38-37-6-4-5-7-43(37)76-47(38)53(61)69/h8-10,12,14,18,24-27,30-31,33,42,64H,4-7,11,13,15-17,19-23,28-29H2,1-3H3,(H,55,57)(H2,70,71,72)/t30-,31?,42?/m0/s1. The van der Waals surface area contributed by atoms with E-state index in [1.807, 2.05) is 24.4 Å². The average Bonchev–Trinajstić information content (AvgIpc) is 3.92. The Bertz CT molecular complexity index is 3200. The first-order chi connectivity index (χ1) is 36.6. The quantitative estimate of drug-likeness (QED) is 0.0797. The third kappa shape index (κ3) is 9.64. The molecular weight excluding hydrogens is 1020 g/mol. The Morgan fingerprint density at radius 3 is 2.33 bits per heavy atom. The van der Waals surface area contributed by atoms with Gasteiger partial charge in [-0.3, -0.25) is 48.1 Å². The van der Waals surface area contributed by atoms with Gasteiger partial charge in [0.05, 0.1) is 41.1 Å². The number of amides is 5. The number of ether oxygens (including phenoxy) is 1. The van der Waals surface area contributed by atoms with Crippen LogP contribution in [-0.4, -0.2) is 145 Å². The maximum Gasteiger partial charge on any atom is 0.471 e. The zero-order valence-electron chi connectivity index (χ0n) is 42.4. The molecule has 0 radical (unpaired) electrons. The van der Waals surface area contributed by atoms with Crippen molar-refractivity contribution in [3.63, 3.8) is 0 Å². The first-order valence-electron chi connectivity index (χ1n) is 25.8. The highest BCUT2D eigenvalue weighted by molar-refractivity contribution is 7.46. The number of phosphoric acid groups is 1. The summed E-state index contributed by atoms with van der Waals surface area (Å²) in [7, 11) is -3.45. The summed E-state index contributed by atoms with van der Waals surface area (Å²) in [5.74, 6) is -1.65. The van der Waals surface area contributed by atoms with Gasteiger partial charge in [0.2, 0.25) is 11.8 Å². The molecule has 11 rings (SSSR count). The summed E-state index contributed by atoms with van der Waals surface area (Å²) in [6, 6.07) is 12.0. The number of aliphatic hydroxyl groups excluding tert-OH is 1. The summed E-state index contributed by atoms with van der Waals surface area (Å²) in [6.45, 7) is 7.37. The van der Waals surface area contributed by atoms with Crippen LogP contribution in [-0.2, 0) is 37.9 Å². The number of phosphoric ester groups is 1. The monoisotopic (exact) mass is 1070 g/mol.